The maximum absolute atomic E-state index is 15.1. The summed E-state index contributed by atoms with van der Waals surface area (Å²) in [7, 11) is 3.85. The summed E-state index contributed by atoms with van der Waals surface area (Å²) in [6.07, 6.45) is -5.54. The van der Waals surface area contributed by atoms with Crippen LogP contribution in [0.5, 0.6) is 0 Å². The highest BCUT2D eigenvalue weighted by Gasteiger charge is 2.43. The first kappa shape index (κ1) is 78.0. The molecular formula is C67H76Cl5F6N7O8. The molecule has 9 rings (SSSR count). The monoisotopic (exact) mass is 1400 g/mol. The van der Waals surface area contributed by atoms with Gasteiger partial charge >= 0.3 is 18.2 Å². The number of nitrogens with one attached hydrogen (secondary N) is 3. The Labute approximate surface area is 564 Å². The molecule has 0 radical (unpaired) electrons. The molecule has 6 aromatic carbocycles. The average Bonchev–Trinajstić information content (AvgIpc) is 1.29. The Kier molecular flexibility index (Phi) is 29.5. The number of aliphatic carboxylic acids is 1. The van der Waals surface area contributed by atoms with E-state index in [1.54, 1.807) is 145 Å². The summed E-state index contributed by atoms with van der Waals surface area (Å²) >= 11 is 24.0. The summed E-state index contributed by atoms with van der Waals surface area (Å²) < 4.78 is 94.0. The molecule has 6 atom stereocenters. The number of likely N-dealkylation sites (tertiary alicyclic amines) is 2. The summed E-state index contributed by atoms with van der Waals surface area (Å²) in [5, 5.41) is 18.7. The van der Waals surface area contributed by atoms with E-state index in [1.165, 1.54) is 18.2 Å². The lowest BCUT2D eigenvalue weighted by Crippen LogP contribution is -2.45. The largest absolute Gasteiger partial charge is 0.480 e. The number of allylic oxidation sites excluding steroid dienone is 1. The maximum atomic E-state index is 15.1. The van der Waals surface area contributed by atoms with Gasteiger partial charge < -0.3 is 41.2 Å². The van der Waals surface area contributed by atoms with Crippen LogP contribution in [0.2, 0.25) is 15.1 Å². The van der Waals surface area contributed by atoms with E-state index >= 15 is 4.39 Å². The Morgan fingerprint density at radius 3 is 1.28 bits per heavy atom. The van der Waals surface area contributed by atoms with Crippen molar-refractivity contribution in [3.63, 3.8) is 0 Å². The zero-order valence-electron chi connectivity index (χ0n) is 52.7. The second kappa shape index (κ2) is 35.2. The quantitative estimate of drug-likeness (QED) is 0.0525. The third kappa shape index (κ3) is 22.9. The first-order valence-electron chi connectivity index (χ1n) is 28.9. The summed E-state index contributed by atoms with van der Waals surface area (Å²) in [5.41, 5.74) is 7.88. The van der Waals surface area contributed by atoms with Crippen molar-refractivity contribution in [3.05, 3.63) is 171 Å². The van der Waals surface area contributed by atoms with Crippen molar-refractivity contribution in [1.29, 1.82) is 0 Å². The lowest BCUT2D eigenvalue weighted by molar-refractivity contribution is -0.142. The fourth-order valence-electron chi connectivity index (χ4n) is 9.34. The Balaban J connectivity index is 0.000000261. The number of nitrogens with zero attached hydrogens (tertiary/aromatic N) is 3. The third-order valence-electron chi connectivity index (χ3n) is 13.6. The van der Waals surface area contributed by atoms with E-state index in [0.717, 1.165) is 20.5 Å². The summed E-state index contributed by atoms with van der Waals surface area (Å²) in [5.74, 6) is -3.99. The molecule has 3 aliphatic rings. The molecule has 0 aliphatic carbocycles. The summed E-state index contributed by atoms with van der Waals surface area (Å²) in [6.45, 7) is 13.7. The molecule has 0 saturated carbocycles. The molecule has 6 N–H and O–H groups in total. The fraction of sp³-hybridized carbons (Fsp3) is 0.358. The van der Waals surface area contributed by atoms with Crippen LogP contribution in [0.3, 0.4) is 0 Å². The predicted molar refractivity (Wildman–Crippen MR) is 359 cm³/mol. The van der Waals surface area contributed by atoms with Gasteiger partial charge in [-0.1, -0.05) is 137 Å². The van der Waals surface area contributed by atoms with Crippen molar-refractivity contribution in [1.82, 2.24) is 20.0 Å². The summed E-state index contributed by atoms with van der Waals surface area (Å²) in [6, 6.07) is 32.0. The molecule has 3 fully saturated rings. The molecule has 6 aromatic rings. The highest BCUT2D eigenvalue weighted by Crippen LogP contribution is 2.36. The van der Waals surface area contributed by atoms with Crippen molar-refractivity contribution in [3.8, 4) is 33.4 Å². The van der Waals surface area contributed by atoms with Crippen molar-refractivity contribution in [2.24, 2.45) is 0 Å². The molecule has 15 nitrogen and oxygen atoms in total. The molecular weight excluding hydrogens is 1320 g/mol. The first-order valence-corrected chi connectivity index (χ1v) is 30.4. The number of benzene rings is 6. The third-order valence-corrected chi connectivity index (χ3v) is 15.3. The molecule has 3 aliphatic heterocycles. The molecule has 0 bridgehead atoms. The number of carbonyl (C=O) groups is 5. The van der Waals surface area contributed by atoms with E-state index in [-0.39, 0.29) is 73.9 Å². The number of carboxylic acids is 1. The van der Waals surface area contributed by atoms with E-state index in [4.69, 9.17) is 66.7 Å². The van der Waals surface area contributed by atoms with E-state index in [9.17, 15) is 45.9 Å². The van der Waals surface area contributed by atoms with E-state index < -0.39 is 95.3 Å². The van der Waals surface area contributed by atoms with Crippen LogP contribution in [0.15, 0.2) is 138 Å². The maximum Gasteiger partial charge on any atom is 0.411 e. The minimum absolute atomic E-state index is 0. The lowest BCUT2D eigenvalue weighted by Gasteiger charge is -2.27. The molecule has 93 heavy (non-hydrogen) atoms. The van der Waals surface area contributed by atoms with Crippen LogP contribution < -0.4 is 21.7 Å². The van der Waals surface area contributed by atoms with Crippen molar-refractivity contribution >= 4 is 106 Å². The Hall–Kier alpha value is -7.40. The van der Waals surface area contributed by atoms with Gasteiger partial charge in [0.05, 0.1) is 36.2 Å². The molecule has 26 heteroatoms. The summed E-state index contributed by atoms with van der Waals surface area (Å²) in [4.78, 5) is 63.5. The number of amides is 4. The van der Waals surface area contributed by atoms with Crippen LogP contribution in [0.25, 0.3) is 33.4 Å². The number of alkyl halides is 3. The number of nitrogen functional groups attached to an aromatic ring is 1. The van der Waals surface area contributed by atoms with Gasteiger partial charge in [0.2, 0.25) is 11.8 Å². The smallest absolute Gasteiger partial charge is 0.411 e. The van der Waals surface area contributed by atoms with E-state index in [2.05, 4.69) is 16.0 Å². The molecule has 504 valence electrons. The van der Waals surface area contributed by atoms with Crippen LogP contribution in [0.4, 0.5) is 53.0 Å². The Morgan fingerprint density at radius 1 is 0.559 bits per heavy atom. The van der Waals surface area contributed by atoms with Gasteiger partial charge in [0.15, 0.2) is 17.5 Å². The van der Waals surface area contributed by atoms with Crippen LogP contribution in [-0.2, 0) is 23.9 Å². The van der Waals surface area contributed by atoms with Crippen molar-refractivity contribution in [2.45, 2.75) is 122 Å². The SMILES string of the molecule is CC(C)(C)OC(=O)N1C[C@H](F)C[C@H]1C(=O)Nc1cccc(-c2ccccc2Cl)c1F.CC(C)(C)OC(=O)N1C[C@H](F)C[C@H]1C(=O)O.CC(C)=C(Cl)N(C)C.Cl.Nc1cccc(-c2ccccc2Cl)c1F.O=C(Nc1cccc(-c2ccccc2Cl)c1F)[C@@H]1C[C@@H](F)CN1. The number of carboxylic acid groups (broad SMARTS) is 1. The van der Waals surface area contributed by atoms with Crippen molar-refractivity contribution in [2.75, 3.05) is 50.1 Å². The zero-order valence-corrected chi connectivity index (χ0v) is 56.6. The number of nitrogens with two attached hydrogens (primary N) is 1. The van der Waals surface area contributed by atoms with Crippen LogP contribution in [-0.4, -0.2) is 131 Å². The molecule has 3 heterocycles. The Bertz CT molecular complexity index is 3590. The van der Waals surface area contributed by atoms with Gasteiger partial charge in [-0.05, 0) is 97.4 Å². The van der Waals surface area contributed by atoms with Gasteiger partial charge in [-0.3, -0.25) is 19.4 Å². The van der Waals surface area contributed by atoms with Crippen molar-refractivity contribution < 1.29 is 64.9 Å². The van der Waals surface area contributed by atoms with Gasteiger partial charge in [-0.25, -0.2) is 40.7 Å². The van der Waals surface area contributed by atoms with E-state index in [0.29, 0.717) is 42.9 Å². The second-order valence-corrected chi connectivity index (χ2v) is 25.3. The van der Waals surface area contributed by atoms with Gasteiger partial charge in [0.25, 0.3) is 0 Å². The van der Waals surface area contributed by atoms with Gasteiger partial charge in [-0.15, -0.1) is 12.4 Å². The predicted octanol–water partition coefficient (Wildman–Crippen LogP) is 16.8. The average molecular weight is 1400 g/mol. The minimum atomic E-state index is -1.37. The number of anilines is 3. The molecule has 0 spiro atoms. The first-order chi connectivity index (χ1) is 43.1. The van der Waals surface area contributed by atoms with Crippen LogP contribution in [0.1, 0.15) is 74.7 Å². The number of carbonyl (C=O) groups excluding carboxylic acids is 4. The van der Waals surface area contributed by atoms with Crippen LogP contribution >= 0.6 is 58.8 Å². The minimum Gasteiger partial charge on any atom is -0.480 e. The number of rotatable bonds is 9. The molecule has 0 unspecified atom stereocenters. The number of ether oxygens (including phenoxy) is 2. The normalized spacial score (nSPS) is 18.0. The van der Waals surface area contributed by atoms with Gasteiger partial charge in [0, 0.05) is 88.4 Å². The molecule has 3 saturated heterocycles. The fourth-order valence-corrected chi connectivity index (χ4v) is 10.1. The second-order valence-electron chi connectivity index (χ2n) is 23.7. The van der Waals surface area contributed by atoms with Gasteiger partial charge in [-0.2, -0.15) is 0 Å². The highest BCUT2D eigenvalue weighted by molar-refractivity contribution is 6.34. The molecule has 0 aromatic heterocycles. The standard InChI is InChI=1S/C22H23ClF2N2O3.C17H15ClF2N2O.C12H9ClFN.C10H16FNO4.C6H12ClN.ClH/c1-22(2,3)30-21(29)27-12-13(24)11-18(27)20(28)26-17-10-6-8-15(19(17)25)14-7-4-5-9-16(14)23;18-13-6-2-1-4-11(13)12-5-3-7-14(16(12)20)22-17(23)15-8-10(19)9-21-15;13-10-6-2-1-4-8(10)9-5-3-7-11(15)12(9)14;1-10(2,3)16-9(15)12-5-6(11)4-7(12)8(13)14;1-5(2)6(7)8(3)4;/h4-10,13,18H,11-12H2,1-3H3,(H,26,28);1-7,10,15,21H,8-9H2,(H,22,23);1-7H,15H2;6-7H,4-5H2,1-3H3,(H,13,14);1-4H3;1H/t13-,18+;10-,15+;;6-,7+;;/m11.1../s1. The number of hydrogen-bond donors (Lipinski definition) is 5. The lowest BCUT2D eigenvalue weighted by atomic mass is 10.0. The topological polar surface area (TPSA) is 196 Å². The van der Waals surface area contributed by atoms with E-state index in [1.807, 2.05) is 38.9 Å². The number of hydrogen-bond acceptors (Lipinski definition) is 10. The zero-order chi connectivity index (χ0) is 68.5. The van der Waals surface area contributed by atoms with Gasteiger partial charge in [0.1, 0.15) is 47.0 Å². The number of halogens is 11. The van der Waals surface area contributed by atoms with Crippen LogP contribution in [0, 0.1) is 17.5 Å². The molecule has 4 amide bonds. The highest BCUT2D eigenvalue weighted by atomic mass is 35.5. The Morgan fingerprint density at radius 2 is 0.925 bits per heavy atom.